The number of benzene rings is 3. The van der Waals surface area contributed by atoms with Crippen molar-refractivity contribution in [1.82, 2.24) is 9.97 Å². The van der Waals surface area contributed by atoms with Gasteiger partial charge in [0, 0.05) is 31.6 Å². The Kier molecular flexibility index (Phi) is 8.13. The van der Waals surface area contributed by atoms with Crippen LogP contribution in [0.4, 0.5) is 28.7 Å². The molecular formula is C33H36N6O4. The van der Waals surface area contributed by atoms with E-state index in [2.05, 4.69) is 68.5 Å². The van der Waals surface area contributed by atoms with Gasteiger partial charge < -0.3 is 25.0 Å². The summed E-state index contributed by atoms with van der Waals surface area (Å²) in [4.78, 5) is 29.7. The molecule has 2 saturated heterocycles. The number of carbonyl (C=O) groups excluding carboxylic acids is 1. The van der Waals surface area contributed by atoms with Gasteiger partial charge in [-0.05, 0) is 48.4 Å². The molecule has 0 bridgehead atoms. The maximum absolute atomic E-state index is 12.4. The molecule has 3 aromatic carbocycles. The number of hydroxylamine groups is 1. The average Bonchev–Trinajstić information content (AvgIpc) is 3.51. The van der Waals surface area contributed by atoms with E-state index in [9.17, 15) is 4.79 Å². The van der Waals surface area contributed by atoms with E-state index in [-0.39, 0.29) is 24.2 Å². The molecule has 2 aliphatic heterocycles. The molecule has 0 saturated carbocycles. The minimum absolute atomic E-state index is 0.0141. The third-order valence-corrected chi connectivity index (χ3v) is 7.73. The molecule has 43 heavy (non-hydrogen) atoms. The van der Waals surface area contributed by atoms with Gasteiger partial charge in [0.2, 0.25) is 5.91 Å². The summed E-state index contributed by atoms with van der Waals surface area (Å²) in [5, 5.41) is 10.6. The predicted octanol–water partition coefficient (Wildman–Crippen LogP) is 6.00. The summed E-state index contributed by atoms with van der Waals surface area (Å²) in [5.74, 6) is 1.49. The Labute approximate surface area is 251 Å². The molecule has 0 aliphatic carbocycles. The second kappa shape index (κ2) is 12.3. The first-order chi connectivity index (χ1) is 20.9. The minimum Gasteiger partial charge on any atom is -0.494 e. The van der Waals surface area contributed by atoms with Crippen LogP contribution in [0.15, 0.2) is 79.6 Å². The molecule has 2 fully saturated rings. The van der Waals surface area contributed by atoms with Gasteiger partial charge in [-0.15, -0.1) is 0 Å². The Balaban J connectivity index is 1.30. The van der Waals surface area contributed by atoms with Crippen LogP contribution in [-0.2, 0) is 14.4 Å². The van der Waals surface area contributed by atoms with Gasteiger partial charge >= 0.3 is 0 Å². The van der Waals surface area contributed by atoms with Crippen molar-refractivity contribution in [3.63, 3.8) is 0 Å². The second-order valence-corrected chi connectivity index (χ2v) is 10.9. The summed E-state index contributed by atoms with van der Waals surface area (Å²) >= 11 is 0. The summed E-state index contributed by atoms with van der Waals surface area (Å²) < 4.78 is 11.7. The quantitative estimate of drug-likeness (QED) is 0.243. The molecule has 1 unspecified atom stereocenters. The normalized spacial score (nSPS) is 20.2. The molecule has 2 N–H and O–H groups in total. The van der Waals surface area contributed by atoms with Gasteiger partial charge in [-0.3, -0.25) is 9.63 Å². The van der Waals surface area contributed by atoms with E-state index in [0.717, 1.165) is 17.7 Å². The fraction of sp³-hybridized carbons (Fsp3) is 0.303. The lowest BCUT2D eigenvalue weighted by Gasteiger charge is -2.38. The second-order valence-electron chi connectivity index (χ2n) is 10.9. The van der Waals surface area contributed by atoms with Crippen LogP contribution < -0.4 is 25.3 Å². The summed E-state index contributed by atoms with van der Waals surface area (Å²) in [6, 6.07) is 20.5. The number of fused-ring (bicyclic) bond motifs is 1. The number of ether oxygens (including phenoxy) is 2. The van der Waals surface area contributed by atoms with Crippen LogP contribution in [0.3, 0.4) is 0 Å². The fourth-order valence-electron chi connectivity index (χ4n) is 5.84. The molecule has 0 spiro atoms. The first-order valence-electron chi connectivity index (χ1n) is 14.5. The van der Waals surface area contributed by atoms with E-state index >= 15 is 0 Å². The van der Waals surface area contributed by atoms with E-state index in [1.807, 2.05) is 43.2 Å². The Morgan fingerprint density at radius 3 is 2.58 bits per heavy atom. The van der Waals surface area contributed by atoms with Gasteiger partial charge in [0.25, 0.3) is 0 Å². The van der Waals surface area contributed by atoms with Gasteiger partial charge in [-0.1, -0.05) is 43.0 Å². The molecule has 2 aliphatic rings. The largest absolute Gasteiger partial charge is 0.494 e. The third kappa shape index (κ3) is 6.11. The number of rotatable bonds is 8. The highest BCUT2D eigenvalue weighted by atomic mass is 16.7. The zero-order chi connectivity index (χ0) is 29.9. The summed E-state index contributed by atoms with van der Waals surface area (Å²) in [7, 11) is 1.62. The van der Waals surface area contributed by atoms with Crippen LogP contribution in [0.2, 0.25) is 0 Å². The number of anilines is 5. The van der Waals surface area contributed by atoms with Crippen molar-refractivity contribution in [2.45, 2.75) is 38.5 Å². The highest BCUT2D eigenvalue weighted by Gasteiger charge is 2.30. The lowest BCUT2D eigenvalue weighted by molar-refractivity contribution is -0.111. The van der Waals surface area contributed by atoms with Crippen molar-refractivity contribution < 1.29 is 19.1 Å². The van der Waals surface area contributed by atoms with E-state index in [1.165, 1.54) is 23.2 Å². The first-order valence-corrected chi connectivity index (χ1v) is 14.5. The van der Waals surface area contributed by atoms with Crippen LogP contribution in [0.25, 0.3) is 10.8 Å². The number of aromatic nitrogens is 2. The highest BCUT2D eigenvalue weighted by Crippen LogP contribution is 2.40. The zero-order valence-corrected chi connectivity index (χ0v) is 24.6. The number of hydrogen-bond donors (Lipinski definition) is 2. The average molecular weight is 581 g/mol. The lowest BCUT2D eigenvalue weighted by atomic mass is 10.0. The van der Waals surface area contributed by atoms with E-state index < -0.39 is 0 Å². The molecule has 10 heteroatoms. The first kappa shape index (κ1) is 28.4. The summed E-state index contributed by atoms with van der Waals surface area (Å²) in [6.07, 6.45) is 3.69. The number of morpholine rings is 1. The van der Waals surface area contributed by atoms with Gasteiger partial charge in [0.05, 0.1) is 49.0 Å². The molecule has 0 radical (unpaired) electrons. The maximum Gasteiger partial charge on any atom is 0.247 e. The predicted molar refractivity (Wildman–Crippen MR) is 169 cm³/mol. The highest BCUT2D eigenvalue weighted by molar-refractivity contribution is 6.02. The number of hydrogen-bond acceptors (Lipinski definition) is 9. The maximum atomic E-state index is 12.4. The van der Waals surface area contributed by atoms with E-state index in [4.69, 9.17) is 14.3 Å². The number of carbonyl (C=O) groups is 1. The number of nitrogens with one attached hydrogen (secondary N) is 2. The van der Waals surface area contributed by atoms with Gasteiger partial charge in [0.1, 0.15) is 17.9 Å². The standard InChI is InChI=1S/C33H36N6O4/c1-5-33(40)37-26-15-27(30(41-4)16-29(26)38-18-21(2)43-22(3)19-38)36-31-17-32(35-20-34-31)39-28(12-13-42-39)25-11-10-23-8-6-7-9-24(23)14-25/h5-11,14-17,20-22,28H,1,12-13,18-19H2,2-4H3,(H,37,40)(H,34,35,36)/t21-,22+,28?. The number of nitrogens with zero attached hydrogens (tertiary/aromatic N) is 4. The van der Waals surface area contributed by atoms with E-state index in [0.29, 0.717) is 48.5 Å². The molecule has 222 valence electrons. The van der Waals surface area contributed by atoms with Crippen LogP contribution >= 0.6 is 0 Å². The summed E-state index contributed by atoms with van der Waals surface area (Å²) in [5.41, 5.74) is 3.27. The van der Waals surface area contributed by atoms with Gasteiger partial charge in [-0.25, -0.2) is 15.0 Å². The van der Waals surface area contributed by atoms with Crippen molar-refractivity contribution in [2.75, 3.05) is 47.4 Å². The Bertz CT molecular complexity index is 1640. The molecular weight excluding hydrogens is 544 g/mol. The SMILES string of the molecule is C=CC(=O)Nc1cc(Nc2cc(N3OCCC3c3ccc4ccccc4c3)ncn2)c(OC)cc1N1C[C@@H](C)O[C@@H](C)C1. The van der Waals surface area contributed by atoms with Crippen LogP contribution in [0.5, 0.6) is 5.75 Å². The molecule has 1 aromatic heterocycles. The Morgan fingerprint density at radius 2 is 1.81 bits per heavy atom. The van der Waals surface area contributed by atoms with Crippen LogP contribution in [-0.4, -0.2) is 54.9 Å². The van der Waals surface area contributed by atoms with E-state index in [1.54, 1.807) is 7.11 Å². The van der Waals surface area contributed by atoms with Crippen LogP contribution in [0, 0.1) is 0 Å². The Hall–Kier alpha value is -4.67. The van der Waals surface area contributed by atoms with Crippen molar-refractivity contribution in [3.05, 3.63) is 85.2 Å². The molecule has 3 atom stereocenters. The fourth-order valence-corrected chi connectivity index (χ4v) is 5.84. The molecule has 3 heterocycles. The summed E-state index contributed by atoms with van der Waals surface area (Å²) in [6.45, 7) is 9.65. The monoisotopic (exact) mass is 580 g/mol. The molecule has 4 aromatic rings. The van der Waals surface area contributed by atoms with Crippen molar-refractivity contribution in [2.24, 2.45) is 0 Å². The third-order valence-electron chi connectivity index (χ3n) is 7.73. The Morgan fingerprint density at radius 1 is 1.02 bits per heavy atom. The smallest absolute Gasteiger partial charge is 0.247 e. The zero-order valence-electron chi connectivity index (χ0n) is 24.6. The minimum atomic E-state index is -0.304. The van der Waals surface area contributed by atoms with Crippen LogP contribution in [0.1, 0.15) is 31.9 Å². The topological polar surface area (TPSA) is 101 Å². The lowest BCUT2D eigenvalue weighted by Crippen LogP contribution is -2.45. The van der Waals surface area contributed by atoms with Crippen molar-refractivity contribution in [1.29, 1.82) is 0 Å². The molecule has 1 amide bonds. The van der Waals surface area contributed by atoms with Gasteiger partial charge in [-0.2, -0.15) is 0 Å². The van der Waals surface area contributed by atoms with Gasteiger partial charge in [0.15, 0.2) is 5.82 Å². The number of amides is 1. The molecule has 6 rings (SSSR count). The van der Waals surface area contributed by atoms with Crippen molar-refractivity contribution >= 4 is 45.4 Å². The molecule has 10 nitrogen and oxygen atoms in total. The van der Waals surface area contributed by atoms with Crippen molar-refractivity contribution in [3.8, 4) is 5.75 Å². The number of methoxy groups -OCH3 is 1.